The molecular weight excluding hydrogens is 298 g/mol. The lowest BCUT2D eigenvalue weighted by molar-refractivity contribution is -0.738. The van der Waals surface area contributed by atoms with Crippen LogP contribution < -0.4 is 5.73 Å². The summed E-state index contributed by atoms with van der Waals surface area (Å²) in [6, 6.07) is 6.40. The van der Waals surface area contributed by atoms with E-state index in [1.54, 1.807) is 24.3 Å². The highest BCUT2D eigenvalue weighted by Gasteiger charge is 2.37. The normalized spacial score (nSPS) is 17.0. The molecule has 0 radical (unpaired) electrons. The summed E-state index contributed by atoms with van der Waals surface area (Å²) in [5.74, 6) is -0.00466. The van der Waals surface area contributed by atoms with Crippen molar-refractivity contribution in [1.82, 2.24) is 0 Å². The van der Waals surface area contributed by atoms with Crippen LogP contribution in [0.3, 0.4) is 0 Å². The summed E-state index contributed by atoms with van der Waals surface area (Å²) in [4.78, 5) is 31.6. The van der Waals surface area contributed by atoms with Crippen LogP contribution in [0.5, 0.6) is 0 Å². The van der Waals surface area contributed by atoms with Gasteiger partial charge in [0, 0.05) is 17.3 Å². The van der Waals surface area contributed by atoms with Gasteiger partial charge >= 0.3 is 12.0 Å². The summed E-state index contributed by atoms with van der Waals surface area (Å²) in [6.45, 7) is 0. The summed E-state index contributed by atoms with van der Waals surface area (Å²) in [7, 11) is 2.64. The van der Waals surface area contributed by atoms with E-state index in [-0.39, 0.29) is 12.3 Å². The van der Waals surface area contributed by atoms with Crippen LogP contribution in [0.4, 0.5) is 4.79 Å². The van der Waals surface area contributed by atoms with Crippen LogP contribution in [0, 0.1) is 5.41 Å². The zero-order chi connectivity index (χ0) is 17.2. The number of quaternary nitrogens is 1. The number of aliphatic imine (C=N–C) groups is 2. The van der Waals surface area contributed by atoms with Gasteiger partial charge in [0.2, 0.25) is 0 Å². The van der Waals surface area contributed by atoms with Gasteiger partial charge in [0.15, 0.2) is 5.84 Å². The molecule has 0 aromatic heterocycles. The van der Waals surface area contributed by atoms with Crippen molar-refractivity contribution in [3.05, 3.63) is 35.4 Å². The van der Waals surface area contributed by atoms with Crippen molar-refractivity contribution in [1.29, 1.82) is 5.41 Å². The van der Waals surface area contributed by atoms with Gasteiger partial charge in [0.25, 0.3) is 0 Å². The van der Waals surface area contributed by atoms with Crippen LogP contribution in [0.15, 0.2) is 34.3 Å². The number of nitrogen functional groups attached to an aromatic ring is 1. The highest BCUT2D eigenvalue weighted by atomic mass is 16.4. The van der Waals surface area contributed by atoms with Crippen molar-refractivity contribution in [2.24, 2.45) is 15.7 Å². The molecule has 1 atom stereocenters. The van der Waals surface area contributed by atoms with Gasteiger partial charge in [-0.05, 0) is 0 Å². The molecule has 1 aliphatic heterocycles. The van der Waals surface area contributed by atoms with Crippen molar-refractivity contribution in [3.63, 3.8) is 0 Å². The van der Waals surface area contributed by atoms with E-state index < -0.39 is 22.5 Å². The molecule has 8 heteroatoms. The molecule has 1 unspecified atom stereocenters. The minimum Gasteiger partial charge on any atom is -0.435 e. The molecule has 2 amide bonds. The fourth-order valence-corrected chi connectivity index (χ4v) is 1.94. The molecule has 0 spiro atoms. The predicted octanol–water partition coefficient (Wildman–Crippen LogP) is 0.841. The monoisotopic (exact) mass is 316 g/mol. The first-order valence-corrected chi connectivity index (χ1v) is 6.89. The zero-order valence-corrected chi connectivity index (χ0v) is 12.9. The van der Waals surface area contributed by atoms with Crippen LogP contribution in [0.25, 0.3) is 0 Å². The molecular formula is C15H18N5O3+. The van der Waals surface area contributed by atoms with Gasteiger partial charge in [0.1, 0.15) is 11.9 Å². The lowest BCUT2D eigenvalue weighted by Gasteiger charge is -2.20. The number of nitrogens with two attached hydrogens (primary N) is 1. The topological polar surface area (TPSA) is 129 Å². The van der Waals surface area contributed by atoms with Crippen molar-refractivity contribution in [2.45, 2.75) is 12.5 Å². The van der Waals surface area contributed by atoms with Crippen LogP contribution in [0.2, 0.25) is 0 Å². The third-order valence-corrected chi connectivity index (χ3v) is 3.60. The molecule has 120 valence electrons. The van der Waals surface area contributed by atoms with Crippen LogP contribution in [-0.4, -0.2) is 59.6 Å². The van der Waals surface area contributed by atoms with Crippen molar-refractivity contribution in [3.8, 4) is 0 Å². The number of imide groups is 1. The number of rotatable bonds is 4. The molecule has 0 bridgehead atoms. The Morgan fingerprint density at radius 1 is 1.30 bits per heavy atom. The van der Waals surface area contributed by atoms with Crippen molar-refractivity contribution in [2.75, 3.05) is 14.1 Å². The van der Waals surface area contributed by atoms with Crippen LogP contribution in [-0.2, 0) is 4.79 Å². The second-order valence-electron chi connectivity index (χ2n) is 5.62. The molecule has 1 aromatic rings. The van der Waals surface area contributed by atoms with E-state index in [0.29, 0.717) is 11.4 Å². The van der Waals surface area contributed by atoms with E-state index in [1.165, 1.54) is 20.3 Å². The number of amides is 2. The standard InChI is InChI=1S/C15H17N5O3/c1-20(2,15(22)23)12(21)7-11-8-18-14(19-11)10-5-3-9(4-6-10)13(16)17/h3-6,8,11H,7H2,1-2H3,(H3-,16,17,22,23)/p+1. The number of carbonyl (C=O) groups is 2. The second-order valence-corrected chi connectivity index (χ2v) is 5.62. The van der Waals surface area contributed by atoms with Crippen LogP contribution in [0.1, 0.15) is 17.5 Å². The Morgan fingerprint density at radius 3 is 2.43 bits per heavy atom. The van der Waals surface area contributed by atoms with E-state index in [2.05, 4.69) is 9.98 Å². The fourth-order valence-electron chi connectivity index (χ4n) is 1.94. The number of nitrogens with zero attached hydrogens (tertiary/aromatic N) is 3. The molecule has 0 saturated carbocycles. The Bertz CT molecular complexity index is 719. The van der Waals surface area contributed by atoms with Crippen molar-refractivity contribution < 1.29 is 19.2 Å². The molecule has 0 aliphatic carbocycles. The Labute approximate surface area is 133 Å². The summed E-state index contributed by atoms with van der Waals surface area (Å²) in [5, 5.41) is 16.4. The maximum absolute atomic E-state index is 12.0. The molecule has 1 aliphatic rings. The smallest absolute Gasteiger partial charge is 0.435 e. The van der Waals surface area contributed by atoms with Gasteiger partial charge in [-0.25, -0.2) is 9.79 Å². The number of hydrogen-bond acceptors (Lipinski definition) is 5. The summed E-state index contributed by atoms with van der Waals surface area (Å²) in [5.41, 5.74) is 6.74. The number of benzene rings is 1. The first kappa shape index (κ1) is 16.5. The van der Waals surface area contributed by atoms with Gasteiger partial charge in [-0.2, -0.15) is 9.28 Å². The average molecular weight is 316 g/mol. The summed E-state index contributed by atoms with van der Waals surface area (Å²) < 4.78 is -0.748. The molecule has 4 N–H and O–H groups in total. The Hall–Kier alpha value is -2.87. The van der Waals surface area contributed by atoms with E-state index in [0.717, 1.165) is 5.56 Å². The van der Waals surface area contributed by atoms with Gasteiger partial charge < -0.3 is 10.8 Å². The molecule has 23 heavy (non-hydrogen) atoms. The maximum atomic E-state index is 12.0. The zero-order valence-electron chi connectivity index (χ0n) is 12.9. The fraction of sp³-hybridized carbons (Fsp3) is 0.267. The number of hydrogen-bond donors (Lipinski definition) is 3. The number of nitrogens with one attached hydrogen (secondary N) is 1. The maximum Gasteiger partial charge on any atom is 0.520 e. The molecule has 2 rings (SSSR count). The highest BCUT2D eigenvalue weighted by molar-refractivity contribution is 6.08. The van der Waals surface area contributed by atoms with Crippen molar-refractivity contribution >= 4 is 29.9 Å². The largest absolute Gasteiger partial charge is 0.520 e. The minimum absolute atomic E-state index is 0.0226. The highest BCUT2D eigenvalue weighted by Crippen LogP contribution is 2.14. The Morgan fingerprint density at radius 2 is 1.91 bits per heavy atom. The van der Waals surface area contributed by atoms with E-state index in [1.807, 2.05) is 0 Å². The Kier molecular flexibility index (Phi) is 4.37. The quantitative estimate of drug-likeness (QED) is 0.432. The molecule has 8 nitrogen and oxygen atoms in total. The minimum atomic E-state index is -1.21. The number of amidine groups is 2. The van der Waals surface area contributed by atoms with E-state index >= 15 is 0 Å². The Balaban J connectivity index is 2.10. The van der Waals surface area contributed by atoms with Gasteiger partial charge in [0.05, 0.1) is 20.5 Å². The first-order chi connectivity index (χ1) is 10.7. The third-order valence-electron chi connectivity index (χ3n) is 3.60. The molecule has 1 heterocycles. The van der Waals surface area contributed by atoms with Gasteiger partial charge in [-0.1, -0.05) is 24.3 Å². The first-order valence-electron chi connectivity index (χ1n) is 6.89. The lowest BCUT2D eigenvalue weighted by atomic mass is 10.1. The van der Waals surface area contributed by atoms with E-state index in [9.17, 15) is 9.59 Å². The number of carboxylic acid groups (broad SMARTS) is 1. The number of carbonyl (C=O) groups excluding carboxylic acids is 1. The molecule has 0 saturated heterocycles. The molecule has 0 fully saturated rings. The summed E-state index contributed by atoms with van der Waals surface area (Å²) in [6.07, 6.45) is 0.292. The summed E-state index contributed by atoms with van der Waals surface area (Å²) >= 11 is 0. The van der Waals surface area contributed by atoms with E-state index in [4.69, 9.17) is 16.2 Å². The third kappa shape index (κ3) is 3.49. The predicted molar refractivity (Wildman–Crippen MR) is 86.0 cm³/mol. The molecule has 1 aromatic carbocycles. The SMILES string of the molecule is C[N+](C)(C(=O)O)C(=O)CC1C=NC(c2ccc(C(=N)N)cc2)=N1. The van der Waals surface area contributed by atoms with Crippen LogP contribution >= 0.6 is 0 Å². The second kappa shape index (κ2) is 6.09. The average Bonchev–Trinajstić information content (AvgIpc) is 2.95. The van der Waals surface area contributed by atoms with Gasteiger partial charge in [-0.3, -0.25) is 10.4 Å². The van der Waals surface area contributed by atoms with Gasteiger partial charge in [-0.15, -0.1) is 0 Å². The lowest BCUT2D eigenvalue weighted by Crippen LogP contribution is -2.50.